The predicted octanol–water partition coefficient (Wildman–Crippen LogP) is 1.61. The average molecular weight is 266 g/mol. The molecule has 0 aliphatic carbocycles. The lowest BCUT2D eigenvalue weighted by Gasteiger charge is -2.12. The number of rotatable bonds is 8. The summed E-state index contributed by atoms with van der Waals surface area (Å²) in [5, 5.41) is 3.36. The van der Waals surface area contributed by atoms with E-state index in [1.54, 1.807) is 0 Å². The fourth-order valence-electron chi connectivity index (χ4n) is 1.57. The third-order valence-corrected chi connectivity index (χ3v) is 2.74. The molecule has 0 aromatic carbocycles. The van der Waals surface area contributed by atoms with E-state index in [2.05, 4.69) is 48.1 Å². The molecule has 1 aromatic heterocycles. The van der Waals surface area contributed by atoms with Gasteiger partial charge in [0.1, 0.15) is 0 Å². The van der Waals surface area contributed by atoms with Crippen LogP contribution in [-0.2, 0) is 6.54 Å². The molecule has 5 heteroatoms. The van der Waals surface area contributed by atoms with Gasteiger partial charge in [0, 0.05) is 36.6 Å². The first-order chi connectivity index (χ1) is 8.99. The van der Waals surface area contributed by atoms with Crippen LogP contribution < -0.4 is 10.1 Å². The van der Waals surface area contributed by atoms with Crippen LogP contribution in [-0.4, -0.2) is 48.2 Å². The molecule has 0 unspecified atom stereocenters. The fraction of sp³-hybridized carbons (Fsp3) is 0.714. The molecule has 0 aliphatic rings. The van der Waals surface area contributed by atoms with Gasteiger partial charge in [-0.05, 0) is 27.4 Å². The van der Waals surface area contributed by atoms with Crippen molar-refractivity contribution in [2.45, 2.75) is 39.8 Å². The van der Waals surface area contributed by atoms with E-state index in [1.807, 2.05) is 13.1 Å². The third kappa shape index (κ3) is 6.50. The maximum absolute atomic E-state index is 5.55. The van der Waals surface area contributed by atoms with Crippen molar-refractivity contribution in [1.82, 2.24) is 20.2 Å². The van der Waals surface area contributed by atoms with E-state index >= 15 is 0 Å². The molecule has 0 fully saturated rings. The molecule has 0 atom stereocenters. The molecular formula is C14H26N4O. The molecule has 1 aromatic rings. The number of hydrogen-bond donors (Lipinski definition) is 1. The second-order valence-corrected chi connectivity index (χ2v) is 5.30. The minimum Gasteiger partial charge on any atom is -0.463 e. The molecule has 19 heavy (non-hydrogen) atoms. The zero-order valence-electron chi connectivity index (χ0n) is 12.7. The standard InChI is InChI=1S/C14H26N4O/c1-11(2)15-9-13-10-16-14(17-12(13)3)19-8-6-7-18(4)5/h10-11,15H,6-9H2,1-5H3. The van der Waals surface area contributed by atoms with Gasteiger partial charge in [-0.25, -0.2) is 9.97 Å². The zero-order valence-corrected chi connectivity index (χ0v) is 12.7. The Labute approximate surface area is 116 Å². The van der Waals surface area contributed by atoms with E-state index in [1.165, 1.54) is 0 Å². The quantitative estimate of drug-likeness (QED) is 0.725. The molecular weight excluding hydrogens is 240 g/mol. The lowest BCUT2D eigenvalue weighted by Crippen LogP contribution is -2.22. The Hall–Kier alpha value is -1.20. The van der Waals surface area contributed by atoms with E-state index in [4.69, 9.17) is 4.74 Å². The summed E-state index contributed by atoms with van der Waals surface area (Å²) in [7, 11) is 4.11. The van der Waals surface area contributed by atoms with Gasteiger partial charge in [-0.15, -0.1) is 0 Å². The van der Waals surface area contributed by atoms with E-state index in [9.17, 15) is 0 Å². The Morgan fingerprint density at radius 1 is 1.37 bits per heavy atom. The fourth-order valence-corrected chi connectivity index (χ4v) is 1.57. The summed E-state index contributed by atoms with van der Waals surface area (Å²) in [6.07, 6.45) is 2.82. The SMILES string of the molecule is Cc1nc(OCCCN(C)C)ncc1CNC(C)C. The van der Waals surface area contributed by atoms with Crippen LogP contribution in [0.1, 0.15) is 31.5 Å². The first kappa shape index (κ1) is 15.9. The topological polar surface area (TPSA) is 50.3 Å². The summed E-state index contributed by atoms with van der Waals surface area (Å²) in [5.74, 6) is 0. The summed E-state index contributed by atoms with van der Waals surface area (Å²) >= 11 is 0. The highest BCUT2D eigenvalue weighted by Gasteiger charge is 2.05. The van der Waals surface area contributed by atoms with Gasteiger partial charge in [0.15, 0.2) is 0 Å². The molecule has 0 amide bonds. The van der Waals surface area contributed by atoms with Gasteiger partial charge in [-0.3, -0.25) is 0 Å². The van der Waals surface area contributed by atoms with Crippen molar-refractivity contribution in [3.63, 3.8) is 0 Å². The van der Waals surface area contributed by atoms with Gasteiger partial charge in [0.2, 0.25) is 0 Å². The number of aryl methyl sites for hydroxylation is 1. The zero-order chi connectivity index (χ0) is 14.3. The maximum atomic E-state index is 5.55. The molecule has 0 bridgehead atoms. The van der Waals surface area contributed by atoms with Crippen LogP contribution in [0.3, 0.4) is 0 Å². The maximum Gasteiger partial charge on any atom is 0.316 e. The van der Waals surface area contributed by atoms with E-state index in [0.717, 1.165) is 30.8 Å². The van der Waals surface area contributed by atoms with Crippen molar-refractivity contribution in [2.24, 2.45) is 0 Å². The minimum atomic E-state index is 0.460. The molecule has 1 N–H and O–H groups in total. The molecule has 1 heterocycles. The van der Waals surface area contributed by atoms with Gasteiger partial charge in [0.05, 0.1) is 6.61 Å². The average Bonchev–Trinajstić information content (AvgIpc) is 2.33. The van der Waals surface area contributed by atoms with Crippen molar-refractivity contribution in [2.75, 3.05) is 27.2 Å². The van der Waals surface area contributed by atoms with E-state index in [0.29, 0.717) is 18.7 Å². The summed E-state index contributed by atoms with van der Waals surface area (Å²) in [5.41, 5.74) is 2.10. The highest BCUT2D eigenvalue weighted by atomic mass is 16.5. The van der Waals surface area contributed by atoms with Crippen LogP contribution in [0.4, 0.5) is 0 Å². The Bertz CT molecular complexity index is 380. The molecule has 0 aliphatic heterocycles. The Kier molecular flexibility index (Phi) is 6.73. The molecule has 108 valence electrons. The second kappa shape index (κ2) is 8.07. The summed E-state index contributed by atoms with van der Waals surface area (Å²) in [6.45, 7) is 8.70. The van der Waals surface area contributed by atoms with Gasteiger partial charge in [-0.1, -0.05) is 13.8 Å². The smallest absolute Gasteiger partial charge is 0.316 e. The molecule has 0 spiro atoms. The van der Waals surface area contributed by atoms with Gasteiger partial charge in [-0.2, -0.15) is 0 Å². The van der Waals surface area contributed by atoms with Crippen molar-refractivity contribution < 1.29 is 4.74 Å². The number of aromatic nitrogens is 2. The first-order valence-corrected chi connectivity index (χ1v) is 6.82. The summed E-state index contributed by atoms with van der Waals surface area (Å²) < 4.78 is 5.55. The van der Waals surface area contributed by atoms with Gasteiger partial charge >= 0.3 is 6.01 Å². The lowest BCUT2D eigenvalue weighted by molar-refractivity contribution is 0.263. The minimum absolute atomic E-state index is 0.460. The highest BCUT2D eigenvalue weighted by molar-refractivity contribution is 5.17. The normalized spacial score (nSPS) is 11.3. The monoisotopic (exact) mass is 266 g/mol. The Balaban J connectivity index is 2.42. The highest BCUT2D eigenvalue weighted by Crippen LogP contribution is 2.09. The molecule has 0 saturated heterocycles. The van der Waals surface area contributed by atoms with Crippen molar-refractivity contribution in [1.29, 1.82) is 0 Å². The van der Waals surface area contributed by atoms with Crippen molar-refractivity contribution >= 4 is 0 Å². The number of hydrogen-bond acceptors (Lipinski definition) is 5. The largest absolute Gasteiger partial charge is 0.463 e. The van der Waals surface area contributed by atoms with E-state index in [-0.39, 0.29) is 0 Å². The van der Waals surface area contributed by atoms with Crippen LogP contribution in [0.15, 0.2) is 6.20 Å². The van der Waals surface area contributed by atoms with Crippen LogP contribution >= 0.6 is 0 Å². The Morgan fingerprint density at radius 2 is 2.11 bits per heavy atom. The Morgan fingerprint density at radius 3 is 2.68 bits per heavy atom. The van der Waals surface area contributed by atoms with Crippen molar-refractivity contribution in [3.8, 4) is 6.01 Å². The van der Waals surface area contributed by atoms with Gasteiger partial charge < -0.3 is 15.0 Å². The number of ether oxygens (including phenoxy) is 1. The van der Waals surface area contributed by atoms with Gasteiger partial charge in [0.25, 0.3) is 0 Å². The third-order valence-electron chi connectivity index (χ3n) is 2.74. The summed E-state index contributed by atoms with van der Waals surface area (Å²) in [6, 6.07) is 0.936. The van der Waals surface area contributed by atoms with Crippen LogP contribution in [0.25, 0.3) is 0 Å². The van der Waals surface area contributed by atoms with Crippen LogP contribution in [0.5, 0.6) is 6.01 Å². The number of nitrogens with one attached hydrogen (secondary N) is 1. The molecule has 5 nitrogen and oxygen atoms in total. The van der Waals surface area contributed by atoms with Crippen LogP contribution in [0.2, 0.25) is 0 Å². The van der Waals surface area contributed by atoms with E-state index < -0.39 is 0 Å². The lowest BCUT2D eigenvalue weighted by atomic mass is 10.2. The molecule has 0 saturated carbocycles. The first-order valence-electron chi connectivity index (χ1n) is 6.82. The number of nitrogens with zero attached hydrogens (tertiary/aromatic N) is 3. The molecule has 0 radical (unpaired) electrons. The molecule has 1 rings (SSSR count). The predicted molar refractivity (Wildman–Crippen MR) is 77.4 cm³/mol. The van der Waals surface area contributed by atoms with Crippen molar-refractivity contribution in [3.05, 3.63) is 17.5 Å². The van der Waals surface area contributed by atoms with Crippen LogP contribution in [0, 0.1) is 6.92 Å². The second-order valence-electron chi connectivity index (χ2n) is 5.30. The summed E-state index contributed by atoms with van der Waals surface area (Å²) in [4.78, 5) is 10.8.